The minimum absolute atomic E-state index is 0.00412. The summed E-state index contributed by atoms with van der Waals surface area (Å²) in [6.07, 6.45) is 1.86. The summed E-state index contributed by atoms with van der Waals surface area (Å²) in [5.41, 5.74) is 10.1. The third kappa shape index (κ3) is 1.80. The van der Waals surface area contributed by atoms with E-state index in [0.717, 1.165) is 16.8 Å². The molecule has 3 heteroatoms. The fourth-order valence-electron chi connectivity index (χ4n) is 2.34. The lowest BCUT2D eigenvalue weighted by Crippen LogP contribution is -2.20. The summed E-state index contributed by atoms with van der Waals surface area (Å²) in [5.74, 6) is 0.00412. The number of fused-ring (bicyclic) bond motifs is 1. The summed E-state index contributed by atoms with van der Waals surface area (Å²) in [5, 5.41) is 0. The molecule has 0 aliphatic carbocycles. The van der Waals surface area contributed by atoms with E-state index in [4.69, 9.17) is 5.73 Å². The monoisotopic (exact) mass is 250 g/mol. The highest BCUT2D eigenvalue weighted by atomic mass is 16.2. The highest BCUT2D eigenvalue weighted by molar-refractivity contribution is 6.35. The van der Waals surface area contributed by atoms with Gasteiger partial charge < -0.3 is 10.6 Å². The van der Waals surface area contributed by atoms with Crippen molar-refractivity contribution in [3.8, 4) is 0 Å². The van der Waals surface area contributed by atoms with Crippen LogP contribution in [0, 0.1) is 0 Å². The maximum Gasteiger partial charge on any atom is 0.258 e. The van der Waals surface area contributed by atoms with Gasteiger partial charge in [0, 0.05) is 23.9 Å². The molecule has 2 aromatic rings. The molecule has 3 rings (SSSR count). The Morgan fingerprint density at radius 2 is 1.74 bits per heavy atom. The molecule has 1 amide bonds. The van der Waals surface area contributed by atoms with Gasteiger partial charge in [0.25, 0.3) is 5.91 Å². The molecule has 0 radical (unpaired) electrons. The summed E-state index contributed by atoms with van der Waals surface area (Å²) in [7, 11) is 1.79. The number of nitrogens with zero attached hydrogens (tertiary/aromatic N) is 1. The highest BCUT2D eigenvalue weighted by Gasteiger charge is 2.28. The SMILES string of the molecule is CN1C(=O)C(=Cc2ccccc2N)c2ccccc21. The van der Waals surface area contributed by atoms with Crippen LogP contribution in [0.15, 0.2) is 48.5 Å². The van der Waals surface area contributed by atoms with E-state index in [1.807, 2.05) is 54.6 Å². The maximum atomic E-state index is 12.3. The molecule has 94 valence electrons. The van der Waals surface area contributed by atoms with E-state index in [-0.39, 0.29) is 5.91 Å². The molecule has 0 aromatic heterocycles. The van der Waals surface area contributed by atoms with Crippen molar-refractivity contribution in [1.82, 2.24) is 0 Å². The number of carbonyl (C=O) groups is 1. The topological polar surface area (TPSA) is 46.3 Å². The van der Waals surface area contributed by atoms with Crippen LogP contribution in [-0.4, -0.2) is 13.0 Å². The molecular formula is C16H14N2O. The van der Waals surface area contributed by atoms with Crippen molar-refractivity contribution in [2.75, 3.05) is 17.7 Å². The fraction of sp³-hybridized carbons (Fsp3) is 0.0625. The number of likely N-dealkylation sites (N-methyl/N-ethyl adjacent to an activating group) is 1. The molecular weight excluding hydrogens is 236 g/mol. The minimum Gasteiger partial charge on any atom is -0.398 e. The van der Waals surface area contributed by atoms with Gasteiger partial charge in [-0.3, -0.25) is 4.79 Å². The third-order valence-corrected chi connectivity index (χ3v) is 3.39. The second-order valence-electron chi connectivity index (χ2n) is 4.57. The Balaban J connectivity index is 2.16. The molecule has 2 N–H and O–H groups in total. The van der Waals surface area contributed by atoms with Gasteiger partial charge in [-0.25, -0.2) is 0 Å². The fourth-order valence-corrected chi connectivity index (χ4v) is 2.34. The predicted octanol–water partition coefficient (Wildman–Crippen LogP) is 2.79. The van der Waals surface area contributed by atoms with Crippen molar-refractivity contribution in [1.29, 1.82) is 0 Å². The molecule has 1 aliphatic rings. The summed E-state index contributed by atoms with van der Waals surface area (Å²) in [6, 6.07) is 15.3. The smallest absolute Gasteiger partial charge is 0.258 e. The molecule has 0 fully saturated rings. The second kappa shape index (κ2) is 4.28. The van der Waals surface area contributed by atoms with Crippen molar-refractivity contribution >= 4 is 28.9 Å². The summed E-state index contributed by atoms with van der Waals surface area (Å²) < 4.78 is 0. The van der Waals surface area contributed by atoms with E-state index >= 15 is 0 Å². The van der Waals surface area contributed by atoms with Crippen LogP contribution >= 0.6 is 0 Å². The first-order chi connectivity index (χ1) is 9.18. The van der Waals surface area contributed by atoms with Crippen LogP contribution in [0.3, 0.4) is 0 Å². The predicted molar refractivity (Wildman–Crippen MR) is 78.6 cm³/mol. The number of nitrogens with two attached hydrogens (primary N) is 1. The molecule has 0 saturated carbocycles. The van der Waals surface area contributed by atoms with Gasteiger partial charge in [0.05, 0.1) is 5.69 Å². The van der Waals surface area contributed by atoms with Gasteiger partial charge in [-0.2, -0.15) is 0 Å². The van der Waals surface area contributed by atoms with E-state index in [0.29, 0.717) is 11.3 Å². The van der Waals surface area contributed by atoms with E-state index in [2.05, 4.69) is 0 Å². The zero-order valence-corrected chi connectivity index (χ0v) is 10.6. The minimum atomic E-state index is 0.00412. The van der Waals surface area contributed by atoms with Gasteiger partial charge in [0.2, 0.25) is 0 Å². The molecule has 0 spiro atoms. The Morgan fingerprint density at radius 1 is 1.05 bits per heavy atom. The number of amides is 1. The van der Waals surface area contributed by atoms with Crippen molar-refractivity contribution < 1.29 is 4.79 Å². The zero-order chi connectivity index (χ0) is 13.4. The highest BCUT2D eigenvalue weighted by Crippen LogP contribution is 2.36. The Morgan fingerprint density at radius 3 is 2.53 bits per heavy atom. The van der Waals surface area contributed by atoms with E-state index in [1.54, 1.807) is 11.9 Å². The van der Waals surface area contributed by atoms with Gasteiger partial charge in [-0.15, -0.1) is 0 Å². The Hall–Kier alpha value is -2.55. The number of nitrogen functional groups attached to an aromatic ring is 1. The third-order valence-electron chi connectivity index (χ3n) is 3.39. The average molecular weight is 250 g/mol. The van der Waals surface area contributed by atoms with Crippen LogP contribution in [0.25, 0.3) is 11.6 Å². The van der Waals surface area contributed by atoms with Gasteiger partial charge in [-0.1, -0.05) is 36.4 Å². The van der Waals surface area contributed by atoms with E-state index < -0.39 is 0 Å². The molecule has 0 bridgehead atoms. The number of para-hydroxylation sites is 2. The maximum absolute atomic E-state index is 12.3. The van der Waals surface area contributed by atoms with Crippen LogP contribution in [-0.2, 0) is 4.79 Å². The number of hydrogen-bond donors (Lipinski definition) is 1. The Kier molecular flexibility index (Phi) is 2.60. The van der Waals surface area contributed by atoms with Crippen LogP contribution in [0.4, 0.5) is 11.4 Å². The first-order valence-corrected chi connectivity index (χ1v) is 6.12. The lowest BCUT2D eigenvalue weighted by Gasteiger charge is -2.08. The number of rotatable bonds is 1. The van der Waals surface area contributed by atoms with Crippen LogP contribution < -0.4 is 10.6 Å². The number of benzene rings is 2. The lowest BCUT2D eigenvalue weighted by atomic mass is 10.0. The summed E-state index contributed by atoms with van der Waals surface area (Å²) >= 11 is 0. The summed E-state index contributed by atoms with van der Waals surface area (Å²) in [6.45, 7) is 0. The summed E-state index contributed by atoms with van der Waals surface area (Å²) in [4.78, 5) is 14.0. The number of hydrogen-bond acceptors (Lipinski definition) is 2. The first kappa shape index (κ1) is 11.5. The zero-order valence-electron chi connectivity index (χ0n) is 10.6. The molecule has 0 unspecified atom stereocenters. The lowest BCUT2D eigenvalue weighted by molar-refractivity contribution is -0.112. The van der Waals surface area contributed by atoms with Crippen molar-refractivity contribution in [3.63, 3.8) is 0 Å². The van der Waals surface area contributed by atoms with E-state index in [1.165, 1.54) is 0 Å². The molecule has 2 aromatic carbocycles. The number of carbonyl (C=O) groups excluding carboxylic acids is 1. The average Bonchev–Trinajstić information content (AvgIpc) is 2.67. The Labute approximate surface area is 112 Å². The van der Waals surface area contributed by atoms with Crippen LogP contribution in [0.2, 0.25) is 0 Å². The van der Waals surface area contributed by atoms with Gasteiger partial charge in [-0.05, 0) is 23.8 Å². The number of anilines is 2. The van der Waals surface area contributed by atoms with Crippen LogP contribution in [0.1, 0.15) is 11.1 Å². The van der Waals surface area contributed by atoms with Crippen molar-refractivity contribution in [2.24, 2.45) is 0 Å². The largest absolute Gasteiger partial charge is 0.398 e. The first-order valence-electron chi connectivity index (χ1n) is 6.12. The standard InChI is InChI=1S/C16H14N2O/c1-18-15-9-5-3-7-12(15)13(16(18)19)10-11-6-2-4-8-14(11)17/h2-10H,17H2,1H3. The molecule has 0 saturated heterocycles. The second-order valence-corrected chi connectivity index (χ2v) is 4.57. The van der Waals surface area contributed by atoms with Gasteiger partial charge >= 0.3 is 0 Å². The normalized spacial score (nSPS) is 15.9. The molecule has 1 heterocycles. The van der Waals surface area contributed by atoms with Crippen LogP contribution in [0.5, 0.6) is 0 Å². The van der Waals surface area contributed by atoms with E-state index in [9.17, 15) is 4.79 Å². The quantitative estimate of drug-likeness (QED) is 0.625. The molecule has 19 heavy (non-hydrogen) atoms. The molecule has 0 atom stereocenters. The van der Waals surface area contributed by atoms with Crippen molar-refractivity contribution in [3.05, 3.63) is 59.7 Å². The Bertz CT molecular complexity index is 689. The molecule has 1 aliphatic heterocycles. The van der Waals surface area contributed by atoms with Gasteiger partial charge in [0.15, 0.2) is 0 Å². The van der Waals surface area contributed by atoms with Gasteiger partial charge in [0.1, 0.15) is 0 Å². The molecule has 3 nitrogen and oxygen atoms in total. The van der Waals surface area contributed by atoms with Crippen molar-refractivity contribution in [2.45, 2.75) is 0 Å².